The summed E-state index contributed by atoms with van der Waals surface area (Å²) in [6.07, 6.45) is 0.886. The van der Waals surface area contributed by atoms with Gasteiger partial charge in [0.05, 0.1) is 12.2 Å². The molecular formula is C19H22N2O2. The van der Waals surface area contributed by atoms with Gasteiger partial charge in [-0.25, -0.2) is 4.79 Å². The average Bonchev–Trinajstić information content (AvgIpc) is 2.57. The predicted octanol–water partition coefficient (Wildman–Crippen LogP) is 4.51. The highest BCUT2D eigenvalue weighted by Gasteiger charge is 2.28. The van der Waals surface area contributed by atoms with Gasteiger partial charge in [0.25, 0.3) is 0 Å². The standard InChI is InChI=1S/C19H22N2O2/c1-4-16-12-21(17-7-5-6-8-18(17)23-16)19(22)20-15-10-9-13(2)14(3)11-15/h5-11,16H,4,12H2,1-3H3,(H,20,22)/t16-/m0/s1. The van der Waals surface area contributed by atoms with E-state index in [2.05, 4.69) is 19.2 Å². The Labute approximate surface area is 137 Å². The van der Waals surface area contributed by atoms with E-state index >= 15 is 0 Å². The molecule has 0 saturated carbocycles. The molecule has 2 amide bonds. The summed E-state index contributed by atoms with van der Waals surface area (Å²) >= 11 is 0. The summed E-state index contributed by atoms with van der Waals surface area (Å²) in [7, 11) is 0. The monoisotopic (exact) mass is 310 g/mol. The highest BCUT2D eigenvalue weighted by molar-refractivity contribution is 6.03. The lowest BCUT2D eigenvalue weighted by atomic mass is 10.1. The van der Waals surface area contributed by atoms with Crippen LogP contribution in [0, 0.1) is 13.8 Å². The van der Waals surface area contributed by atoms with Gasteiger partial charge in [-0.3, -0.25) is 4.90 Å². The van der Waals surface area contributed by atoms with Crippen molar-refractivity contribution >= 4 is 17.4 Å². The van der Waals surface area contributed by atoms with Crippen molar-refractivity contribution in [2.45, 2.75) is 33.3 Å². The molecule has 0 saturated heterocycles. The molecule has 1 N–H and O–H groups in total. The van der Waals surface area contributed by atoms with Crippen LogP contribution in [0.25, 0.3) is 0 Å². The number of rotatable bonds is 2. The Morgan fingerprint density at radius 1 is 1.22 bits per heavy atom. The molecule has 0 radical (unpaired) electrons. The number of urea groups is 1. The summed E-state index contributed by atoms with van der Waals surface area (Å²) in [4.78, 5) is 14.5. The average molecular weight is 310 g/mol. The molecule has 4 nitrogen and oxygen atoms in total. The van der Waals surface area contributed by atoms with Gasteiger partial charge in [0.1, 0.15) is 11.9 Å². The molecule has 0 spiro atoms. The van der Waals surface area contributed by atoms with E-state index in [9.17, 15) is 4.79 Å². The van der Waals surface area contributed by atoms with Crippen LogP contribution in [0.2, 0.25) is 0 Å². The molecule has 0 bridgehead atoms. The van der Waals surface area contributed by atoms with Gasteiger partial charge >= 0.3 is 6.03 Å². The van der Waals surface area contributed by atoms with E-state index < -0.39 is 0 Å². The van der Waals surface area contributed by atoms with Gasteiger partial charge < -0.3 is 10.1 Å². The zero-order valence-corrected chi connectivity index (χ0v) is 13.8. The summed E-state index contributed by atoms with van der Waals surface area (Å²) in [5, 5.41) is 3.00. The summed E-state index contributed by atoms with van der Waals surface area (Å²) in [5.74, 6) is 0.765. The van der Waals surface area contributed by atoms with Crippen LogP contribution in [0.1, 0.15) is 24.5 Å². The Morgan fingerprint density at radius 3 is 2.74 bits per heavy atom. The minimum atomic E-state index is -0.123. The van der Waals surface area contributed by atoms with Crippen molar-refractivity contribution in [1.29, 1.82) is 0 Å². The van der Waals surface area contributed by atoms with Crippen LogP contribution in [0.4, 0.5) is 16.2 Å². The number of fused-ring (bicyclic) bond motifs is 1. The molecule has 23 heavy (non-hydrogen) atoms. The molecule has 2 aromatic rings. The summed E-state index contributed by atoms with van der Waals surface area (Å²) in [5.41, 5.74) is 4.01. The topological polar surface area (TPSA) is 41.6 Å². The van der Waals surface area contributed by atoms with Crippen LogP contribution in [0.5, 0.6) is 5.75 Å². The number of anilines is 2. The molecule has 2 aromatic carbocycles. The molecule has 0 aliphatic carbocycles. The molecule has 3 rings (SSSR count). The number of nitrogens with zero attached hydrogens (tertiary/aromatic N) is 1. The van der Waals surface area contributed by atoms with Crippen LogP contribution in [0.3, 0.4) is 0 Å². The number of amides is 2. The van der Waals surface area contributed by atoms with Crippen LogP contribution in [-0.4, -0.2) is 18.7 Å². The van der Waals surface area contributed by atoms with Crippen LogP contribution in [0.15, 0.2) is 42.5 Å². The van der Waals surface area contributed by atoms with Crippen LogP contribution < -0.4 is 15.0 Å². The minimum Gasteiger partial charge on any atom is -0.486 e. The maximum atomic E-state index is 12.7. The number of hydrogen-bond donors (Lipinski definition) is 1. The molecule has 0 aromatic heterocycles. The van der Waals surface area contributed by atoms with Gasteiger partial charge in [-0.1, -0.05) is 25.1 Å². The number of ether oxygens (including phenoxy) is 1. The van der Waals surface area contributed by atoms with Crippen molar-refractivity contribution in [1.82, 2.24) is 0 Å². The fraction of sp³-hybridized carbons (Fsp3) is 0.316. The number of carbonyl (C=O) groups excluding carboxylic acids is 1. The first-order chi connectivity index (χ1) is 11.1. The van der Waals surface area contributed by atoms with Crippen molar-refractivity contribution in [3.63, 3.8) is 0 Å². The van der Waals surface area contributed by atoms with Gasteiger partial charge in [-0.2, -0.15) is 0 Å². The minimum absolute atomic E-state index is 0.0235. The SMILES string of the molecule is CC[C@H]1CN(C(=O)Nc2ccc(C)c(C)c2)c2ccccc2O1. The molecule has 0 fully saturated rings. The third kappa shape index (κ3) is 3.16. The van der Waals surface area contributed by atoms with Crippen molar-refractivity contribution in [2.75, 3.05) is 16.8 Å². The number of carbonyl (C=O) groups is 1. The molecule has 0 unspecified atom stereocenters. The first-order valence-corrected chi connectivity index (χ1v) is 8.00. The van der Waals surface area contributed by atoms with E-state index in [1.165, 1.54) is 5.56 Å². The van der Waals surface area contributed by atoms with Gasteiger partial charge in [-0.15, -0.1) is 0 Å². The van der Waals surface area contributed by atoms with Gasteiger partial charge in [0.2, 0.25) is 0 Å². The smallest absolute Gasteiger partial charge is 0.326 e. The summed E-state index contributed by atoms with van der Waals surface area (Å²) in [6.45, 7) is 6.73. The highest BCUT2D eigenvalue weighted by Crippen LogP contribution is 2.34. The highest BCUT2D eigenvalue weighted by atomic mass is 16.5. The Balaban J connectivity index is 1.84. The van der Waals surface area contributed by atoms with Crippen molar-refractivity contribution in [3.05, 3.63) is 53.6 Å². The van der Waals surface area contributed by atoms with Crippen molar-refractivity contribution in [3.8, 4) is 5.75 Å². The maximum Gasteiger partial charge on any atom is 0.326 e. The number of para-hydroxylation sites is 2. The molecular weight excluding hydrogens is 288 g/mol. The van der Waals surface area contributed by atoms with Crippen LogP contribution in [-0.2, 0) is 0 Å². The van der Waals surface area contributed by atoms with E-state index in [1.54, 1.807) is 4.90 Å². The lowest BCUT2D eigenvalue weighted by molar-refractivity contribution is 0.188. The number of hydrogen-bond acceptors (Lipinski definition) is 2. The van der Waals surface area contributed by atoms with Gasteiger partial charge in [0, 0.05) is 5.69 Å². The normalized spacial score (nSPS) is 16.5. The Bertz CT molecular complexity index is 727. The van der Waals surface area contributed by atoms with Crippen molar-refractivity contribution in [2.24, 2.45) is 0 Å². The molecule has 1 aliphatic rings. The molecule has 1 aliphatic heterocycles. The largest absolute Gasteiger partial charge is 0.486 e. The third-order valence-corrected chi connectivity index (χ3v) is 4.29. The van der Waals surface area contributed by atoms with Crippen LogP contribution >= 0.6 is 0 Å². The van der Waals surface area contributed by atoms with E-state index in [1.807, 2.05) is 49.4 Å². The van der Waals surface area contributed by atoms with Crippen molar-refractivity contribution < 1.29 is 9.53 Å². The third-order valence-electron chi connectivity index (χ3n) is 4.29. The fourth-order valence-corrected chi connectivity index (χ4v) is 2.71. The molecule has 4 heteroatoms. The second kappa shape index (κ2) is 6.32. The number of aryl methyl sites for hydroxylation is 2. The van der Waals surface area contributed by atoms with E-state index in [0.29, 0.717) is 6.54 Å². The van der Waals surface area contributed by atoms with Gasteiger partial charge in [-0.05, 0) is 55.7 Å². The zero-order chi connectivity index (χ0) is 16.4. The maximum absolute atomic E-state index is 12.7. The molecule has 120 valence electrons. The number of nitrogens with one attached hydrogen (secondary N) is 1. The Kier molecular flexibility index (Phi) is 4.24. The first kappa shape index (κ1) is 15.4. The first-order valence-electron chi connectivity index (χ1n) is 8.00. The Morgan fingerprint density at radius 2 is 2.00 bits per heavy atom. The predicted molar refractivity (Wildman–Crippen MR) is 93.4 cm³/mol. The Hall–Kier alpha value is -2.49. The quantitative estimate of drug-likeness (QED) is 0.886. The second-order valence-corrected chi connectivity index (χ2v) is 5.96. The van der Waals surface area contributed by atoms with E-state index in [-0.39, 0.29) is 12.1 Å². The molecule has 1 heterocycles. The zero-order valence-electron chi connectivity index (χ0n) is 13.8. The summed E-state index contributed by atoms with van der Waals surface area (Å²) < 4.78 is 5.92. The van der Waals surface area contributed by atoms with Gasteiger partial charge in [0.15, 0.2) is 0 Å². The lowest BCUT2D eigenvalue weighted by Gasteiger charge is -2.34. The lowest BCUT2D eigenvalue weighted by Crippen LogP contribution is -2.45. The fourth-order valence-electron chi connectivity index (χ4n) is 2.71. The molecule has 1 atom stereocenters. The number of benzene rings is 2. The summed E-state index contributed by atoms with van der Waals surface area (Å²) in [6, 6.07) is 13.5. The van der Waals surface area contributed by atoms with E-state index in [0.717, 1.165) is 29.1 Å². The van der Waals surface area contributed by atoms with E-state index in [4.69, 9.17) is 4.74 Å². The second-order valence-electron chi connectivity index (χ2n) is 5.96.